The van der Waals surface area contributed by atoms with Crippen LogP contribution in [0.25, 0.3) is 0 Å². The van der Waals surface area contributed by atoms with Gasteiger partial charge in [0.05, 0.1) is 13.1 Å². The smallest absolute Gasteiger partial charge is 0.282 e. The van der Waals surface area contributed by atoms with Gasteiger partial charge in [-0.1, -0.05) is 0 Å². The van der Waals surface area contributed by atoms with Crippen molar-refractivity contribution in [1.82, 2.24) is 4.90 Å². The third-order valence-electron chi connectivity index (χ3n) is 2.24. The molecule has 0 atom stereocenters. The van der Waals surface area contributed by atoms with Crippen molar-refractivity contribution in [3.8, 4) is 0 Å². The molecule has 0 aliphatic carbocycles. The van der Waals surface area contributed by atoms with Crippen LogP contribution in [-0.2, 0) is 0 Å². The molecule has 0 bridgehead atoms. The number of hydrogen-bond donors (Lipinski definition) is 0. The average Bonchev–Trinajstić information content (AvgIpc) is 2.13. The molecule has 0 aromatic heterocycles. The number of likely N-dealkylation sites (tertiary alicyclic amines) is 1. The molecule has 1 saturated heterocycles. The molecule has 1 fully saturated rings. The minimum atomic E-state index is -2.95. The van der Waals surface area contributed by atoms with Gasteiger partial charge < -0.3 is 4.90 Å². The number of halogens is 4. The largest absolute Gasteiger partial charge is 0.326 e. The highest BCUT2D eigenvalue weighted by molar-refractivity contribution is 5.95. The van der Waals surface area contributed by atoms with Crippen molar-refractivity contribution in [2.75, 3.05) is 13.1 Å². The van der Waals surface area contributed by atoms with Crippen LogP contribution in [-0.4, -0.2) is 29.8 Å². The van der Waals surface area contributed by atoms with Crippen LogP contribution in [0, 0.1) is 17.7 Å². The summed E-state index contributed by atoms with van der Waals surface area (Å²) in [6, 6.07) is 3.72. The zero-order chi connectivity index (χ0) is 11.9. The predicted molar refractivity (Wildman–Crippen MR) is 46.0 cm³/mol. The van der Waals surface area contributed by atoms with Crippen LogP contribution in [0.4, 0.5) is 17.6 Å². The van der Waals surface area contributed by atoms with Gasteiger partial charge in [-0.3, -0.25) is 4.79 Å². The lowest BCUT2D eigenvalue weighted by Gasteiger charge is -2.38. The van der Waals surface area contributed by atoms with Crippen molar-refractivity contribution < 1.29 is 22.4 Å². The van der Waals surface area contributed by atoms with Gasteiger partial charge in [-0.25, -0.2) is 17.6 Å². The highest BCUT2D eigenvalue weighted by atomic mass is 19.3. The maximum Gasteiger partial charge on any atom is 0.282 e. The van der Waals surface area contributed by atoms with Crippen LogP contribution in [0.15, 0.2) is 12.1 Å². The summed E-state index contributed by atoms with van der Waals surface area (Å²) in [6.45, 7) is -1.60. The summed E-state index contributed by atoms with van der Waals surface area (Å²) in [6.07, 6.45) is 0. The molecule has 85 valence electrons. The van der Waals surface area contributed by atoms with Gasteiger partial charge in [0.2, 0.25) is 0 Å². The van der Waals surface area contributed by atoms with Gasteiger partial charge in [0.25, 0.3) is 11.8 Å². The number of carbonyl (C=O) groups excluding carboxylic acids is 1. The zero-order valence-corrected chi connectivity index (χ0v) is 7.94. The van der Waals surface area contributed by atoms with E-state index >= 15 is 0 Å². The molecule has 0 saturated carbocycles. The monoisotopic (exact) mass is 232 g/mol. The van der Waals surface area contributed by atoms with E-state index in [4.69, 9.17) is 0 Å². The lowest BCUT2D eigenvalue weighted by molar-refractivity contribution is -0.113. The zero-order valence-electron chi connectivity index (χ0n) is 7.94. The number of nitrogens with zero attached hydrogens (tertiary/aromatic N) is 1. The molecule has 0 spiro atoms. The second-order valence-corrected chi connectivity index (χ2v) is 3.54. The van der Waals surface area contributed by atoms with Crippen molar-refractivity contribution in [2.45, 2.75) is 5.92 Å². The van der Waals surface area contributed by atoms with Gasteiger partial charge in [0.1, 0.15) is 17.2 Å². The molecule has 1 heterocycles. The molecule has 1 radical (unpaired) electrons. The Morgan fingerprint density at radius 2 is 1.75 bits per heavy atom. The molecule has 1 aliphatic rings. The van der Waals surface area contributed by atoms with Crippen molar-refractivity contribution in [1.29, 1.82) is 0 Å². The summed E-state index contributed by atoms with van der Waals surface area (Å²) < 4.78 is 51.2. The first-order chi connectivity index (χ1) is 7.41. The standard InChI is InChI=1S/C10H6F4NO/c11-6-2-1-3-7(12)8(6)9(16)15-4-10(13,14)5-15/h2-3H,4-5H2. The third-order valence-corrected chi connectivity index (χ3v) is 2.24. The Morgan fingerprint density at radius 3 is 2.19 bits per heavy atom. The topological polar surface area (TPSA) is 20.3 Å². The molecule has 1 aromatic rings. The van der Waals surface area contributed by atoms with Gasteiger partial charge >= 0.3 is 0 Å². The van der Waals surface area contributed by atoms with E-state index in [0.717, 1.165) is 12.1 Å². The summed E-state index contributed by atoms with van der Waals surface area (Å²) in [5.41, 5.74) is -0.811. The minimum Gasteiger partial charge on any atom is -0.326 e. The maximum atomic E-state index is 13.1. The number of hydrogen-bond acceptors (Lipinski definition) is 1. The summed E-state index contributed by atoms with van der Waals surface area (Å²) in [5, 5.41) is 0. The van der Waals surface area contributed by atoms with Crippen LogP contribution in [0.2, 0.25) is 0 Å². The van der Waals surface area contributed by atoms with Crippen LogP contribution < -0.4 is 0 Å². The SMILES string of the molecule is O=C(c1c(F)c[c]cc1F)N1CC(F)(F)C1. The first-order valence-corrected chi connectivity index (χ1v) is 4.43. The van der Waals surface area contributed by atoms with Crippen LogP contribution in [0.5, 0.6) is 0 Å². The van der Waals surface area contributed by atoms with E-state index in [1.54, 1.807) is 0 Å². The lowest BCUT2D eigenvalue weighted by Crippen LogP contribution is -2.58. The highest BCUT2D eigenvalue weighted by Crippen LogP contribution is 2.28. The van der Waals surface area contributed by atoms with Crippen LogP contribution in [0.1, 0.15) is 10.4 Å². The van der Waals surface area contributed by atoms with E-state index in [0.29, 0.717) is 4.90 Å². The van der Waals surface area contributed by atoms with E-state index in [1.807, 2.05) is 0 Å². The van der Waals surface area contributed by atoms with Crippen molar-refractivity contribution >= 4 is 5.91 Å². The Hall–Kier alpha value is -1.59. The van der Waals surface area contributed by atoms with Gasteiger partial charge in [0, 0.05) is 0 Å². The summed E-state index contributed by atoms with van der Waals surface area (Å²) in [4.78, 5) is 12.2. The highest BCUT2D eigenvalue weighted by Gasteiger charge is 2.47. The molecule has 16 heavy (non-hydrogen) atoms. The number of benzene rings is 1. The Labute approximate surface area is 88.5 Å². The fourth-order valence-electron chi connectivity index (χ4n) is 1.46. The molecule has 2 rings (SSSR count). The first-order valence-electron chi connectivity index (χ1n) is 4.43. The summed E-state index contributed by atoms with van der Waals surface area (Å²) in [5.74, 6) is -6.21. The molecule has 1 aliphatic heterocycles. The third kappa shape index (κ3) is 1.75. The summed E-state index contributed by atoms with van der Waals surface area (Å²) in [7, 11) is 0. The molecule has 1 aromatic carbocycles. The second-order valence-electron chi connectivity index (χ2n) is 3.54. The normalized spacial score (nSPS) is 18.1. The number of alkyl halides is 2. The quantitative estimate of drug-likeness (QED) is 0.677. The molecule has 2 nitrogen and oxygen atoms in total. The van der Waals surface area contributed by atoms with Crippen molar-refractivity contribution in [3.05, 3.63) is 35.4 Å². The van der Waals surface area contributed by atoms with E-state index in [-0.39, 0.29) is 0 Å². The van der Waals surface area contributed by atoms with Crippen molar-refractivity contribution in [3.63, 3.8) is 0 Å². The average molecular weight is 232 g/mol. The molecule has 0 N–H and O–H groups in total. The van der Waals surface area contributed by atoms with Gasteiger partial charge in [-0.05, 0) is 18.2 Å². The fraction of sp³-hybridized carbons (Fsp3) is 0.300. The van der Waals surface area contributed by atoms with Gasteiger partial charge in [0.15, 0.2) is 0 Å². The van der Waals surface area contributed by atoms with Crippen LogP contribution in [0.3, 0.4) is 0 Å². The van der Waals surface area contributed by atoms with Gasteiger partial charge in [-0.2, -0.15) is 0 Å². The minimum absolute atomic E-state index is 0.696. The van der Waals surface area contributed by atoms with E-state index < -0.39 is 42.1 Å². The maximum absolute atomic E-state index is 13.1. The number of amides is 1. The van der Waals surface area contributed by atoms with E-state index in [9.17, 15) is 22.4 Å². The van der Waals surface area contributed by atoms with Crippen molar-refractivity contribution in [2.24, 2.45) is 0 Å². The van der Waals surface area contributed by atoms with Crippen LogP contribution >= 0.6 is 0 Å². The van der Waals surface area contributed by atoms with E-state index in [2.05, 4.69) is 6.07 Å². The Bertz CT molecular complexity index is 418. The fourth-order valence-corrected chi connectivity index (χ4v) is 1.46. The number of rotatable bonds is 1. The van der Waals surface area contributed by atoms with E-state index in [1.165, 1.54) is 0 Å². The first kappa shape index (κ1) is 10.9. The molecular formula is C10H6F4NO. The Balaban J connectivity index is 2.23. The molecular weight excluding hydrogens is 226 g/mol. The second kappa shape index (κ2) is 3.47. The Morgan fingerprint density at radius 1 is 1.25 bits per heavy atom. The predicted octanol–water partition coefficient (Wildman–Crippen LogP) is 1.86. The number of carbonyl (C=O) groups is 1. The molecule has 1 amide bonds. The molecule has 6 heteroatoms. The summed E-state index contributed by atoms with van der Waals surface area (Å²) >= 11 is 0. The Kier molecular flexibility index (Phi) is 2.36. The lowest BCUT2D eigenvalue weighted by atomic mass is 10.1. The van der Waals surface area contributed by atoms with Gasteiger partial charge in [-0.15, -0.1) is 0 Å². The molecule has 0 unspecified atom stereocenters.